The van der Waals surface area contributed by atoms with E-state index in [0.717, 1.165) is 62.3 Å². The van der Waals surface area contributed by atoms with Crippen molar-refractivity contribution in [2.45, 2.75) is 19.3 Å². The van der Waals surface area contributed by atoms with E-state index in [9.17, 15) is 4.79 Å². The van der Waals surface area contributed by atoms with Gasteiger partial charge in [-0.1, -0.05) is 27.5 Å². The topological polar surface area (TPSA) is 69.6 Å². The van der Waals surface area contributed by atoms with Crippen molar-refractivity contribution in [2.24, 2.45) is 10.2 Å². The molecule has 134 valence electrons. The van der Waals surface area contributed by atoms with Crippen LogP contribution in [0.1, 0.15) is 29.7 Å². The van der Waals surface area contributed by atoms with E-state index < -0.39 is 0 Å². The van der Waals surface area contributed by atoms with Crippen LogP contribution in [-0.2, 0) is 11.2 Å². The molecule has 0 bridgehead atoms. The van der Waals surface area contributed by atoms with Crippen molar-refractivity contribution in [2.75, 3.05) is 5.32 Å². The van der Waals surface area contributed by atoms with E-state index in [0.29, 0.717) is 5.71 Å². The summed E-state index contributed by atoms with van der Waals surface area (Å²) in [4.78, 5) is 15.7. The Balaban J connectivity index is 1.60. The Kier molecular flexibility index (Phi) is 3.91. The quantitative estimate of drug-likeness (QED) is 0.509. The molecule has 2 aromatic carbocycles. The zero-order valence-electron chi connectivity index (χ0n) is 14.1. The number of amides is 1. The van der Waals surface area contributed by atoms with Gasteiger partial charge in [-0.25, -0.2) is 0 Å². The molecule has 2 heterocycles. The second-order valence-electron chi connectivity index (χ2n) is 6.66. The zero-order chi connectivity index (χ0) is 18.5. The molecule has 0 saturated carbocycles. The van der Waals surface area contributed by atoms with E-state index in [1.54, 1.807) is 0 Å². The number of aromatic amines is 1. The Morgan fingerprint density at radius 2 is 1.96 bits per heavy atom. The predicted molar refractivity (Wildman–Crippen MR) is 112 cm³/mol. The number of nitrogens with zero attached hydrogens (tertiary/aromatic N) is 2. The van der Waals surface area contributed by atoms with Crippen LogP contribution in [0.25, 0.3) is 10.9 Å². The van der Waals surface area contributed by atoms with Gasteiger partial charge >= 0.3 is 0 Å². The van der Waals surface area contributed by atoms with Crippen LogP contribution in [0.3, 0.4) is 0 Å². The summed E-state index contributed by atoms with van der Waals surface area (Å²) in [6.07, 6.45) is 2.78. The molecule has 1 aliphatic carbocycles. The summed E-state index contributed by atoms with van der Waals surface area (Å²) in [7, 11) is 0. The largest absolute Gasteiger partial charge is 0.353 e. The molecule has 0 fully saturated rings. The van der Waals surface area contributed by atoms with E-state index in [4.69, 9.17) is 11.6 Å². The van der Waals surface area contributed by atoms with E-state index in [1.807, 2.05) is 36.4 Å². The number of hydrogen-bond donors (Lipinski definition) is 2. The molecular formula is C20H14BrClN4O. The summed E-state index contributed by atoms with van der Waals surface area (Å²) in [5, 5.41) is 13.5. The molecule has 27 heavy (non-hydrogen) atoms. The summed E-state index contributed by atoms with van der Waals surface area (Å²) in [6, 6.07) is 11.5. The van der Waals surface area contributed by atoms with Crippen molar-refractivity contribution in [1.82, 2.24) is 4.98 Å². The van der Waals surface area contributed by atoms with Crippen LogP contribution in [0, 0.1) is 0 Å². The lowest BCUT2D eigenvalue weighted by Gasteiger charge is -2.13. The Morgan fingerprint density at radius 3 is 2.85 bits per heavy atom. The lowest BCUT2D eigenvalue weighted by Crippen LogP contribution is -2.15. The van der Waals surface area contributed by atoms with Gasteiger partial charge in [0.1, 0.15) is 0 Å². The normalized spacial score (nSPS) is 18.8. The van der Waals surface area contributed by atoms with Crippen LogP contribution in [0.15, 0.2) is 51.1 Å². The Morgan fingerprint density at radius 1 is 1.07 bits per heavy atom. The molecule has 0 spiro atoms. The van der Waals surface area contributed by atoms with Crippen molar-refractivity contribution < 1.29 is 4.79 Å². The van der Waals surface area contributed by atoms with E-state index in [2.05, 4.69) is 36.4 Å². The highest BCUT2D eigenvalue weighted by Crippen LogP contribution is 2.32. The van der Waals surface area contributed by atoms with Gasteiger partial charge in [-0.2, -0.15) is 5.10 Å². The molecule has 2 N–H and O–H groups in total. The van der Waals surface area contributed by atoms with E-state index in [-0.39, 0.29) is 5.91 Å². The lowest BCUT2D eigenvalue weighted by atomic mass is 9.94. The number of aryl methyl sites for hydroxylation is 1. The number of hydrogen-bond acceptors (Lipinski definition) is 3. The number of benzene rings is 2. The van der Waals surface area contributed by atoms with Crippen LogP contribution >= 0.6 is 27.5 Å². The summed E-state index contributed by atoms with van der Waals surface area (Å²) < 4.78 is 0.894. The summed E-state index contributed by atoms with van der Waals surface area (Å²) >= 11 is 9.61. The standard InChI is InChI=1S/C20H14BrClN4O/c21-10-4-6-16-14(8-10)19(20(27)24-16)26-25-17-3-1-2-12-13-9-11(22)5-7-15(13)23-18(12)17/h4-9,23H,1-3H2,(H,24,26,27). The second kappa shape index (κ2) is 6.32. The van der Waals surface area contributed by atoms with Gasteiger partial charge in [0.2, 0.25) is 0 Å². The maximum atomic E-state index is 12.3. The fourth-order valence-corrected chi connectivity index (χ4v) is 4.25. The van der Waals surface area contributed by atoms with Gasteiger partial charge in [-0.15, -0.1) is 5.10 Å². The molecule has 5 rings (SSSR count). The second-order valence-corrected chi connectivity index (χ2v) is 8.01. The van der Waals surface area contributed by atoms with Crippen molar-refractivity contribution in [3.63, 3.8) is 0 Å². The van der Waals surface area contributed by atoms with Crippen molar-refractivity contribution in [3.8, 4) is 0 Å². The fourth-order valence-electron chi connectivity index (χ4n) is 3.72. The monoisotopic (exact) mass is 440 g/mol. The molecule has 0 atom stereocenters. The molecule has 5 nitrogen and oxygen atoms in total. The number of carbonyl (C=O) groups is 1. The maximum absolute atomic E-state index is 12.3. The number of carbonyl (C=O) groups excluding carboxylic acids is 1. The summed E-state index contributed by atoms with van der Waals surface area (Å²) in [5.41, 5.74) is 5.98. The minimum Gasteiger partial charge on any atom is -0.353 e. The van der Waals surface area contributed by atoms with Gasteiger partial charge in [-0.05, 0) is 61.2 Å². The van der Waals surface area contributed by atoms with Gasteiger partial charge in [-0.3, -0.25) is 4.79 Å². The minimum absolute atomic E-state index is 0.230. The van der Waals surface area contributed by atoms with Gasteiger partial charge in [0.15, 0.2) is 5.71 Å². The molecule has 3 aromatic rings. The summed E-state index contributed by atoms with van der Waals surface area (Å²) in [6.45, 7) is 0. The van der Waals surface area contributed by atoms with Crippen molar-refractivity contribution in [3.05, 3.63) is 62.7 Å². The highest BCUT2D eigenvalue weighted by Gasteiger charge is 2.27. The third-order valence-electron chi connectivity index (χ3n) is 4.97. The van der Waals surface area contributed by atoms with Crippen LogP contribution in [0.5, 0.6) is 0 Å². The van der Waals surface area contributed by atoms with Crippen LogP contribution in [0.2, 0.25) is 5.02 Å². The molecule has 2 aliphatic rings. The first-order valence-corrected chi connectivity index (χ1v) is 9.83. The van der Waals surface area contributed by atoms with Crippen LogP contribution < -0.4 is 5.32 Å². The number of nitrogens with one attached hydrogen (secondary N) is 2. The van der Waals surface area contributed by atoms with Gasteiger partial charge < -0.3 is 10.3 Å². The average molecular weight is 442 g/mol. The SMILES string of the molecule is O=C1Nc2ccc(Br)cc2C1=NN=C1CCCc2c1[nH]c1ccc(Cl)cc21. The Hall–Kier alpha value is -2.44. The number of fused-ring (bicyclic) bond motifs is 4. The lowest BCUT2D eigenvalue weighted by molar-refractivity contribution is -0.110. The first-order valence-electron chi connectivity index (χ1n) is 8.66. The van der Waals surface area contributed by atoms with Crippen molar-refractivity contribution in [1.29, 1.82) is 0 Å². The maximum Gasteiger partial charge on any atom is 0.276 e. The average Bonchev–Trinajstić information content (AvgIpc) is 3.17. The Labute approximate surface area is 168 Å². The van der Waals surface area contributed by atoms with E-state index >= 15 is 0 Å². The number of aromatic nitrogens is 1. The highest BCUT2D eigenvalue weighted by molar-refractivity contribution is 9.10. The zero-order valence-corrected chi connectivity index (χ0v) is 16.5. The van der Waals surface area contributed by atoms with Gasteiger partial charge in [0.05, 0.1) is 17.1 Å². The third-order valence-corrected chi connectivity index (χ3v) is 5.70. The minimum atomic E-state index is -0.230. The van der Waals surface area contributed by atoms with Crippen LogP contribution in [0.4, 0.5) is 5.69 Å². The Bertz CT molecular complexity index is 1180. The molecule has 1 amide bonds. The predicted octanol–water partition coefficient (Wildman–Crippen LogP) is 5.07. The van der Waals surface area contributed by atoms with Crippen LogP contribution in [-0.4, -0.2) is 22.3 Å². The van der Waals surface area contributed by atoms with Crippen molar-refractivity contribution >= 4 is 61.5 Å². The molecule has 1 aromatic heterocycles. The molecule has 0 radical (unpaired) electrons. The van der Waals surface area contributed by atoms with E-state index in [1.165, 1.54) is 5.56 Å². The smallest absolute Gasteiger partial charge is 0.276 e. The highest BCUT2D eigenvalue weighted by atomic mass is 79.9. The first kappa shape index (κ1) is 16.7. The third kappa shape index (κ3) is 2.80. The van der Waals surface area contributed by atoms with Gasteiger partial charge in [0.25, 0.3) is 5.91 Å². The van der Waals surface area contributed by atoms with Gasteiger partial charge in [0, 0.05) is 26.0 Å². The molecular weight excluding hydrogens is 428 g/mol. The number of anilines is 1. The molecule has 1 aliphatic heterocycles. The number of halogens is 2. The number of H-pyrrole nitrogens is 1. The first-order chi connectivity index (χ1) is 13.1. The molecule has 0 unspecified atom stereocenters. The molecule has 0 saturated heterocycles. The fraction of sp³-hybridized carbons (Fsp3) is 0.150. The number of rotatable bonds is 1. The summed E-state index contributed by atoms with van der Waals surface area (Å²) in [5.74, 6) is -0.230. The molecule has 7 heteroatoms.